The summed E-state index contributed by atoms with van der Waals surface area (Å²) in [7, 11) is 1.29. The number of nitrogens with one attached hydrogen (secondary N) is 2. The van der Waals surface area contributed by atoms with E-state index in [0.29, 0.717) is 0 Å². The maximum atomic E-state index is 12.2. The van der Waals surface area contributed by atoms with Crippen LogP contribution in [-0.4, -0.2) is 24.2 Å². The molecule has 7 nitrogen and oxygen atoms in total. The molecule has 0 spiro atoms. The van der Waals surface area contributed by atoms with Gasteiger partial charge in [0.05, 0.1) is 35.8 Å². The number of anilines is 3. The van der Waals surface area contributed by atoms with Crippen LogP contribution in [0.5, 0.6) is 0 Å². The maximum absolute atomic E-state index is 12.2. The average molecular weight is 387 g/mol. The van der Waals surface area contributed by atoms with E-state index >= 15 is 0 Å². The van der Waals surface area contributed by atoms with Gasteiger partial charge in [0.15, 0.2) is 5.69 Å². The number of esters is 1. The lowest BCUT2D eigenvalue weighted by atomic mass is 10.0. The predicted molar refractivity (Wildman–Crippen MR) is 112 cm³/mol. The summed E-state index contributed by atoms with van der Waals surface area (Å²) in [6.07, 6.45) is 2.48. The first-order valence-electron chi connectivity index (χ1n) is 9.31. The fourth-order valence-corrected chi connectivity index (χ4v) is 3.61. The largest absolute Gasteiger partial charge is 0.464 e. The molecule has 0 aliphatic carbocycles. The van der Waals surface area contributed by atoms with Gasteiger partial charge in [0, 0.05) is 18.4 Å². The molecule has 0 radical (unpaired) electrons. The van der Waals surface area contributed by atoms with Crippen molar-refractivity contribution in [3.63, 3.8) is 0 Å². The van der Waals surface area contributed by atoms with Crippen LogP contribution in [0.1, 0.15) is 34.1 Å². The highest BCUT2D eigenvalue weighted by atomic mass is 16.5. The van der Waals surface area contributed by atoms with E-state index in [1.165, 1.54) is 7.11 Å². The van der Waals surface area contributed by atoms with E-state index in [9.17, 15) is 10.1 Å². The number of nitriles is 1. The van der Waals surface area contributed by atoms with Crippen LogP contribution in [0.2, 0.25) is 0 Å². The number of ether oxygens (including phenoxy) is 1. The third kappa shape index (κ3) is 3.36. The Morgan fingerprint density at radius 3 is 2.62 bits per heavy atom. The molecule has 4 rings (SSSR count). The van der Waals surface area contributed by atoms with Gasteiger partial charge in [-0.2, -0.15) is 5.26 Å². The number of para-hydroxylation sites is 2. The van der Waals surface area contributed by atoms with Gasteiger partial charge in [-0.05, 0) is 36.2 Å². The second kappa shape index (κ2) is 7.60. The second-order valence-electron chi connectivity index (χ2n) is 6.83. The fourth-order valence-electron chi connectivity index (χ4n) is 3.61. The van der Waals surface area contributed by atoms with Crippen molar-refractivity contribution in [2.45, 2.75) is 12.5 Å². The van der Waals surface area contributed by atoms with Crippen LogP contribution >= 0.6 is 0 Å². The Bertz CT molecular complexity index is 1100. The SMILES string of the molecule is COC(=O)c1c(N)c(C#N)cn1-c1ccc(C2CCNc3ccccc3N2)cc1. The summed E-state index contributed by atoms with van der Waals surface area (Å²) < 4.78 is 6.44. The minimum atomic E-state index is -0.582. The molecule has 0 bridgehead atoms. The van der Waals surface area contributed by atoms with Gasteiger partial charge in [0.1, 0.15) is 6.07 Å². The van der Waals surface area contributed by atoms with Crippen LogP contribution in [0.4, 0.5) is 17.1 Å². The maximum Gasteiger partial charge on any atom is 0.357 e. The number of nitrogens with zero attached hydrogens (tertiary/aromatic N) is 2. The van der Waals surface area contributed by atoms with E-state index in [1.54, 1.807) is 10.8 Å². The molecular formula is C22H21N5O2. The molecule has 1 aromatic heterocycles. The number of methoxy groups -OCH3 is 1. The molecule has 1 unspecified atom stereocenters. The first-order chi connectivity index (χ1) is 14.1. The quantitative estimate of drug-likeness (QED) is 0.592. The van der Waals surface area contributed by atoms with Crippen LogP contribution < -0.4 is 16.4 Å². The Morgan fingerprint density at radius 2 is 1.93 bits per heavy atom. The summed E-state index contributed by atoms with van der Waals surface area (Å²) in [5, 5.41) is 16.3. The Kier molecular flexibility index (Phi) is 4.83. The number of carbonyl (C=O) groups is 1. The first kappa shape index (κ1) is 18.4. The Morgan fingerprint density at radius 1 is 1.21 bits per heavy atom. The van der Waals surface area contributed by atoms with Crippen LogP contribution in [0.3, 0.4) is 0 Å². The van der Waals surface area contributed by atoms with Crippen LogP contribution in [0.15, 0.2) is 54.7 Å². The van der Waals surface area contributed by atoms with Crippen LogP contribution in [0.25, 0.3) is 5.69 Å². The lowest BCUT2D eigenvalue weighted by molar-refractivity contribution is 0.0593. The summed E-state index contributed by atoms with van der Waals surface area (Å²) in [6.45, 7) is 0.864. The van der Waals surface area contributed by atoms with E-state index in [2.05, 4.69) is 22.8 Å². The van der Waals surface area contributed by atoms with E-state index in [0.717, 1.165) is 35.6 Å². The van der Waals surface area contributed by atoms with Crippen LogP contribution in [0, 0.1) is 11.3 Å². The molecule has 29 heavy (non-hydrogen) atoms. The third-order valence-electron chi connectivity index (χ3n) is 5.12. The van der Waals surface area contributed by atoms with Crippen molar-refractivity contribution in [3.8, 4) is 11.8 Å². The Labute approximate surface area is 168 Å². The van der Waals surface area contributed by atoms with E-state index in [4.69, 9.17) is 10.5 Å². The smallest absolute Gasteiger partial charge is 0.357 e. The van der Waals surface area contributed by atoms with Gasteiger partial charge in [0.25, 0.3) is 0 Å². The Hall–Kier alpha value is -3.92. The van der Waals surface area contributed by atoms with Gasteiger partial charge in [-0.25, -0.2) is 4.79 Å². The summed E-state index contributed by atoms with van der Waals surface area (Å²) >= 11 is 0. The van der Waals surface area contributed by atoms with Gasteiger partial charge >= 0.3 is 5.97 Å². The molecule has 1 aliphatic heterocycles. The van der Waals surface area contributed by atoms with E-state index in [-0.39, 0.29) is 23.0 Å². The number of hydrogen-bond donors (Lipinski definition) is 3. The zero-order valence-electron chi connectivity index (χ0n) is 16.0. The van der Waals surface area contributed by atoms with Crippen LogP contribution in [-0.2, 0) is 4.74 Å². The number of nitrogen functional groups attached to an aromatic ring is 1. The Balaban J connectivity index is 1.66. The number of carbonyl (C=O) groups excluding carboxylic acids is 1. The molecule has 0 fully saturated rings. The van der Waals surface area contributed by atoms with Crippen molar-refractivity contribution in [1.82, 2.24) is 4.57 Å². The number of benzene rings is 2. The summed E-state index contributed by atoms with van der Waals surface area (Å²) in [5.41, 5.74) is 10.5. The molecule has 7 heteroatoms. The minimum Gasteiger partial charge on any atom is -0.464 e. The van der Waals surface area contributed by atoms with Gasteiger partial charge < -0.3 is 25.7 Å². The van der Waals surface area contributed by atoms with E-state index < -0.39 is 5.97 Å². The summed E-state index contributed by atoms with van der Waals surface area (Å²) in [4.78, 5) is 12.2. The molecule has 2 heterocycles. The zero-order valence-corrected chi connectivity index (χ0v) is 16.0. The standard InChI is InChI=1S/C22H21N5O2/c1-29-22(28)21-20(24)15(12-23)13-27(21)16-8-6-14(7-9-16)17-10-11-25-18-4-2-3-5-19(18)26-17/h2-9,13,17,25-26H,10-11,24H2,1H3. The predicted octanol–water partition coefficient (Wildman–Crippen LogP) is 3.69. The van der Waals surface area contributed by atoms with Gasteiger partial charge in [-0.15, -0.1) is 0 Å². The van der Waals surface area contributed by atoms with Crippen molar-refractivity contribution in [2.24, 2.45) is 0 Å². The normalized spacial score (nSPS) is 15.2. The molecule has 4 N–H and O–H groups in total. The topological polar surface area (TPSA) is 105 Å². The monoisotopic (exact) mass is 387 g/mol. The van der Waals surface area contributed by atoms with Gasteiger partial charge in [-0.3, -0.25) is 0 Å². The zero-order chi connectivity index (χ0) is 20.4. The van der Waals surface area contributed by atoms with Crippen molar-refractivity contribution < 1.29 is 9.53 Å². The molecule has 0 saturated heterocycles. The number of fused-ring (bicyclic) bond motifs is 1. The molecule has 0 saturated carbocycles. The first-order valence-corrected chi connectivity index (χ1v) is 9.31. The number of aromatic nitrogens is 1. The summed E-state index contributed by atoms with van der Waals surface area (Å²) in [6, 6.07) is 18.2. The minimum absolute atomic E-state index is 0.122. The molecule has 2 aromatic carbocycles. The number of nitrogens with two attached hydrogens (primary N) is 1. The molecule has 3 aromatic rings. The number of hydrogen-bond acceptors (Lipinski definition) is 6. The molecular weight excluding hydrogens is 366 g/mol. The van der Waals surface area contributed by atoms with E-state index in [1.807, 2.05) is 42.5 Å². The van der Waals surface area contributed by atoms with Crippen molar-refractivity contribution in [1.29, 1.82) is 5.26 Å². The van der Waals surface area contributed by atoms with Gasteiger partial charge in [0.2, 0.25) is 0 Å². The second-order valence-corrected chi connectivity index (χ2v) is 6.83. The van der Waals surface area contributed by atoms with Crippen molar-refractivity contribution >= 4 is 23.0 Å². The number of rotatable bonds is 3. The van der Waals surface area contributed by atoms with Gasteiger partial charge in [-0.1, -0.05) is 24.3 Å². The highest BCUT2D eigenvalue weighted by molar-refractivity contribution is 5.95. The lowest BCUT2D eigenvalue weighted by Gasteiger charge is -2.18. The molecule has 1 atom stereocenters. The highest BCUT2D eigenvalue weighted by Gasteiger charge is 2.22. The lowest BCUT2D eigenvalue weighted by Crippen LogP contribution is -2.12. The molecule has 0 amide bonds. The summed E-state index contributed by atoms with van der Waals surface area (Å²) in [5.74, 6) is -0.582. The molecule has 146 valence electrons. The van der Waals surface area contributed by atoms with Crippen molar-refractivity contribution in [2.75, 3.05) is 30.0 Å². The highest BCUT2D eigenvalue weighted by Crippen LogP contribution is 2.32. The molecule has 1 aliphatic rings. The third-order valence-corrected chi connectivity index (χ3v) is 5.12. The fraction of sp³-hybridized carbons (Fsp3) is 0.182. The van der Waals surface area contributed by atoms with Crippen molar-refractivity contribution in [3.05, 3.63) is 71.5 Å². The average Bonchev–Trinajstić information content (AvgIpc) is 2.95.